The quantitative estimate of drug-likeness (QED) is 0.553. The highest BCUT2D eigenvalue weighted by atomic mass is 32.1. The minimum absolute atomic E-state index is 0.766. The van der Waals surface area contributed by atoms with E-state index in [1.54, 1.807) is 13.1 Å². The highest BCUT2D eigenvalue weighted by Gasteiger charge is 2.16. The third kappa shape index (κ3) is 1.48. The fourth-order valence-electron chi connectivity index (χ4n) is 0.489. The van der Waals surface area contributed by atoms with Gasteiger partial charge in [-0.15, -0.1) is 11.3 Å². The van der Waals surface area contributed by atoms with Crippen LogP contribution in [0.2, 0.25) is 0 Å². The standard InChI is InChI=1S/C5H9N3S/c1-5(6,7)4-8-2-3-9-4/h2-3H,6-7H2,1H3. The molecular formula is C5H9N3S. The van der Waals surface area contributed by atoms with Gasteiger partial charge in [0.05, 0.1) is 0 Å². The first-order valence-electron chi connectivity index (χ1n) is 2.58. The number of nitrogens with two attached hydrogens (primary N) is 2. The smallest absolute Gasteiger partial charge is 0.127 e. The second-order valence-electron chi connectivity index (χ2n) is 2.12. The van der Waals surface area contributed by atoms with E-state index in [0.29, 0.717) is 0 Å². The van der Waals surface area contributed by atoms with Gasteiger partial charge in [-0.1, -0.05) is 0 Å². The van der Waals surface area contributed by atoms with Crippen LogP contribution in [0.25, 0.3) is 0 Å². The molecule has 1 aromatic rings. The molecule has 0 aliphatic rings. The summed E-state index contributed by atoms with van der Waals surface area (Å²) in [6, 6.07) is 0. The van der Waals surface area contributed by atoms with Crippen LogP contribution in [0.4, 0.5) is 0 Å². The maximum Gasteiger partial charge on any atom is 0.127 e. The molecule has 0 unspecified atom stereocenters. The van der Waals surface area contributed by atoms with Gasteiger partial charge in [0.15, 0.2) is 0 Å². The number of hydrogen-bond donors (Lipinski definition) is 2. The van der Waals surface area contributed by atoms with Crippen molar-refractivity contribution in [1.82, 2.24) is 4.98 Å². The molecule has 0 spiro atoms. The molecule has 1 rings (SSSR count). The molecule has 50 valence electrons. The molecule has 3 nitrogen and oxygen atoms in total. The summed E-state index contributed by atoms with van der Waals surface area (Å²) in [6.07, 6.45) is 1.69. The van der Waals surface area contributed by atoms with Crippen LogP contribution >= 0.6 is 11.3 Å². The van der Waals surface area contributed by atoms with E-state index < -0.39 is 5.66 Å². The molecular weight excluding hydrogens is 134 g/mol. The van der Waals surface area contributed by atoms with Crippen molar-refractivity contribution in [3.8, 4) is 0 Å². The van der Waals surface area contributed by atoms with Gasteiger partial charge in [-0.3, -0.25) is 0 Å². The molecule has 0 saturated heterocycles. The topological polar surface area (TPSA) is 64.9 Å². The molecule has 0 bridgehead atoms. The van der Waals surface area contributed by atoms with Crippen LogP contribution in [0.5, 0.6) is 0 Å². The summed E-state index contributed by atoms with van der Waals surface area (Å²) in [6.45, 7) is 1.73. The lowest BCUT2D eigenvalue weighted by atomic mass is 10.3. The van der Waals surface area contributed by atoms with Crippen LogP contribution in [0.3, 0.4) is 0 Å². The molecule has 0 aliphatic heterocycles. The van der Waals surface area contributed by atoms with E-state index in [-0.39, 0.29) is 0 Å². The molecule has 1 heterocycles. The zero-order valence-corrected chi connectivity index (χ0v) is 5.98. The van der Waals surface area contributed by atoms with Crippen molar-refractivity contribution < 1.29 is 0 Å². The van der Waals surface area contributed by atoms with Gasteiger partial charge in [-0.2, -0.15) is 0 Å². The average Bonchev–Trinajstić information content (AvgIpc) is 2.08. The number of nitrogens with zero attached hydrogens (tertiary/aromatic N) is 1. The molecule has 0 fully saturated rings. The Kier molecular flexibility index (Phi) is 1.52. The SMILES string of the molecule is CC(N)(N)c1nccs1. The lowest BCUT2D eigenvalue weighted by molar-refractivity contribution is 0.517. The van der Waals surface area contributed by atoms with Crippen LogP contribution in [0.1, 0.15) is 11.9 Å². The zero-order valence-electron chi connectivity index (χ0n) is 5.16. The number of hydrogen-bond acceptors (Lipinski definition) is 4. The third-order valence-corrected chi connectivity index (χ3v) is 1.92. The molecule has 0 aliphatic carbocycles. The van der Waals surface area contributed by atoms with Crippen LogP contribution < -0.4 is 11.5 Å². The summed E-state index contributed by atoms with van der Waals surface area (Å²) in [7, 11) is 0. The van der Waals surface area contributed by atoms with Gasteiger partial charge in [0.1, 0.15) is 10.7 Å². The summed E-state index contributed by atoms with van der Waals surface area (Å²) in [5.74, 6) is 0. The largest absolute Gasteiger partial charge is 0.308 e. The predicted octanol–water partition coefficient (Wildman–Crippen LogP) is 0.233. The maximum absolute atomic E-state index is 5.53. The molecule has 4 heteroatoms. The summed E-state index contributed by atoms with van der Waals surface area (Å²) >= 11 is 1.47. The Morgan fingerprint density at radius 2 is 2.33 bits per heavy atom. The Balaban J connectivity index is 2.90. The fraction of sp³-hybridized carbons (Fsp3) is 0.400. The van der Waals surface area contributed by atoms with Gasteiger partial charge in [0.25, 0.3) is 0 Å². The monoisotopic (exact) mass is 143 g/mol. The summed E-state index contributed by atoms with van der Waals surface area (Å²) in [5, 5.41) is 2.62. The van der Waals surface area contributed by atoms with Crippen molar-refractivity contribution in [3.05, 3.63) is 16.6 Å². The van der Waals surface area contributed by atoms with Crippen molar-refractivity contribution in [2.75, 3.05) is 0 Å². The Morgan fingerprint density at radius 3 is 2.56 bits per heavy atom. The zero-order chi connectivity index (χ0) is 6.91. The first-order valence-corrected chi connectivity index (χ1v) is 3.46. The van der Waals surface area contributed by atoms with E-state index >= 15 is 0 Å². The average molecular weight is 143 g/mol. The molecule has 0 aromatic carbocycles. The Hall–Kier alpha value is -0.450. The van der Waals surface area contributed by atoms with Gasteiger partial charge in [0, 0.05) is 11.6 Å². The molecule has 0 saturated carbocycles. The normalized spacial score (nSPS) is 11.9. The van der Waals surface area contributed by atoms with Crippen molar-refractivity contribution in [1.29, 1.82) is 0 Å². The van der Waals surface area contributed by atoms with Gasteiger partial charge < -0.3 is 11.5 Å². The molecule has 9 heavy (non-hydrogen) atoms. The van der Waals surface area contributed by atoms with Gasteiger partial charge >= 0.3 is 0 Å². The number of aromatic nitrogens is 1. The van der Waals surface area contributed by atoms with Crippen LogP contribution in [-0.2, 0) is 5.66 Å². The fourth-order valence-corrected chi connectivity index (χ4v) is 1.12. The third-order valence-electron chi connectivity index (χ3n) is 0.893. The van der Waals surface area contributed by atoms with Crippen molar-refractivity contribution in [2.24, 2.45) is 11.5 Å². The number of rotatable bonds is 1. The summed E-state index contributed by atoms with van der Waals surface area (Å²) < 4.78 is 0. The van der Waals surface area contributed by atoms with Crippen molar-refractivity contribution in [2.45, 2.75) is 12.6 Å². The van der Waals surface area contributed by atoms with Gasteiger partial charge in [-0.05, 0) is 6.92 Å². The lowest BCUT2D eigenvalue weighted by Gasteiger charge is -2.13. The Bertz CT molecular complexity index is 175. The van der Waals surface area contributed by atoms with E-state index in [2.05, 4.69) is 4.98 Å². The predicted molar refractivity (Wildman–Crippen MR) is 37.8 cm³/mol. The Labute approximate surface area is 57.7 Å². The minimum atomic E-state index is -0.770. The van der Waals surface area contributed by atoms with Gasteiger partial charge in [-0.25, -0.2) is 4.98 Å². The highest BCUT2D eigenvalue weighted by Crippen LogP contribution is 2.13. The molecule has 0 atom stereocenters. The summed E-state index contributed by atoms with van der Waals surface area (Å²) in [4.78, 5) is 3.96. The van der Waals surface area contributed by atoms with E-state index in [0.717, 1.165) is 5.01 Å². The molecule has 0 amide bonds. The van der Waals surface area contributed by atoms with Gasteiger partial charge in [0.2, 0.25) is 0 Å². The molecule has 4 N–H and O–H groups in total. The van der Waals surface area contributed by atoms with Crippen LogP contribution in [0, 0.1) is 0 Å². The van der Waals surface area contributed by atoms with E-state index in [4.69, 9.17) is 11.5 Å². The first-order chi connectivity index (χ1) is 4.11. The second-order valence-corrected chi connectivity index (χ2v) is 3.01. The van der Waals surface area contributed by atoms with Crippen LogP contribution in [-0.4, -0.2) is 4.98 Å². The first kappa shape index (κ1) is 6.67. The molecule has 0 radical (unpaired) electrons. The maximum atomic E-state index is 5.53. The minimum Gasteiger partial charge on any atom is -0.308 e. The van der Waals surface area contributed by atoms with E-state index in [9.17, 15) is 0 Å². The van der Waals surface area contributed by atoms with E-state index in [1.807, 2.05) is 5.38 Å². The van der Waals surface area contributed by atoms with E-state index in [1.165, 1.54) is 11.3 Å². The number of thiazole rings is 1. The Morgan fingerprint density at radius 1 is 1.67 bits per heavy atom. The molecule has 1 aromatic heterocycles. The lowest BCUT2D eigenvalue weighted by Crippen LogP contribution is -2.42. The summed E-state index contributed by atoms with van der Waals surface area (Å²) in [5.41, 5.74) is 10.3. The van der Waals surface area contributed by atoms with Crippen molar-refractivity contribution >= 4 is 11.3 Å². The highest BCUT2D eigenvalue weighted by molar-refractivity contribution is 7.09. The second kappa shape index (κ2) is 2.06. The van der Waals surface area contributed by atoms with Crippen LogP contribution in [0.15, 0.2) is 11.6 Å². The van der Waals surface area contributed by atoms with Crippen molar-refractivity contribution in [3.63, 3.8) is 0 Å².